The molecule has 2 spiro atoms. The molecule has 8 heterocycles. The first-order valence-electron chi connectivity index (χ1n) is 41.4. The lowest BCUT2D eigenvalue weighted by Crippen LogP contribution is -2.73. The molecule has 0 aromatic heterocycles. The van der Waals surface area contributed by atoms with E-state index >= 15 is 0 Å². The minimum atomic E-state index is -1.97. The van der Waals surface area contributed by atoms with Crippen LogP contribution in [0, 0.1) is 51.2 Å². The highest BCUT2D eigenvalue weighted by Crippen LogP contribution is 2.77. The van der Waals surface area contributed by atoms with Crippen molar-refractivity contribution in [1.82, 2.24) is 26.6 Å². The molecule has 11 N–H and O–H groups in total. The van der Waals surface area contributed by atoms with Gasteiger partial charge in [-0.15, -0.1) is 0 Å². The van der Waals surface area contributed by atoms with Gasteiger partial charge in [-0.3, -0.25) is 24.5 Å². The third-order valence-electron chi connectivity index (χ3n) is 32.3. The van der Waals surface area contributed by atoms with E-state index in [1.165, 1.54) is 13.8 Å². The maximum Gasteiger partial charge on any atom is 0.407 e. The molecular formula is C83H121N5O21S2. The summed E-state index contributed by atoms with van der Waals surface area (Å²) in [5.41, 5.74) is -13.7. The molecule has 0 bridgehead atoms. The first-order chi connectivity index (χ1) is 52.5. The molecule has 4 amide bonds. The Labute approximate surface area is 660 Å². The van der Waals surface area contributed by atoms with Crippen LogP contribution < -0.4 is 26.6 Å². The van der Waals surface area contributed by atoms with Gasteiger partial charge in [-0.1, -0.05) is 38.8 Å². The SMILES string of the molecule is CC1=C(COC(=O)CCCCC2SCC3NC(=O)NC32)C[C@H]([C@](C)(O)[C@]2(O)CC[C@@]3(O)[C@@H]4C[C@H]5O[C@]56CC=CC(=O)[C@]6(C)[C@H]4CC[C@]23C)OC1=O.CC1=C(COC(=O)NCCCCCNCOCCCCC2SCC3CC(=O)NC32)C[C@H]([C@](C)(O)[C@]2(O)CC[C@@]3(O)[C@@H]4C[C@H]5O[C@]56CC=CC(=O)[C@]6(C)[C@H]4CC[C@]23C)OC1=O.[HH]. The Morgan fingerprint density at radius 3 is 1.70 bits per heavy atom. The second-order valence-corrected chi connectivity index (χ2v) is 39.6. The number of hydrogen-bond acceptors (Lipinski definition) is 24. The molecule has 12 fully saturated rings. The average molecular weight is 1590 g/mol. The zero-order chi connectivity index (χ0) is 79.1. The van der Waals surface area contributed by atoms with Crippen LogP contribution in [0.5, 0.6) is 0 Å². The number of urea groups is 1. The second-order valence-electron chi connectivity index (χ2n) is 37.1. The summed E-state index contributed by atoms with van der Waals surface area (Å²) in [6.45, 7) is 16.0. The largest absolute Gasteiger partial charge is 0.461 e. The van der Waals surface area contributed by atoms with E-state index < -0.39 is 96.7 Å². The topological polar surface area (TPSA) is 389 Å². The number of fused-ring (bicyclic) bond motifs is 10. The number of esters is 3. The van der Waals surface area contributed by atoms with Crippen LogP contribution in [0.15, 0.2) is 46.6 Å². The molecule has 26 nitrogen and oxygen atoms in total. The summed E-state index contributed by atoms with van der Waals surface area (Å²) in [4.78, 5) is 102. The standard InChI is InChI=1S/C45H67N3O11S.C38H52N2O10S.H2/c1-27-28(24-57-39(52)47-19-8-5-7-18-46-26-56-20-9-6-11-32-37-29(25-60-32)22-36(50)48-37)21-34(58-38(27)51)42(4,53)45(55)17-16-43(54)31-23-35-44(59-35)14-10-12-33(49)41(44,3)30(31)13-15-40(43,45)2;1-20-21(18-48-29(42)10-6-5-8-25-30-24(19-51-25)39-32(44)40-30)16-27(49-31(20)43)35(4,45)38(47)15-14-36(46)23-17-28-37(50-28)12-7-9-26(41)34(37,3)22(23)11-13-33(36,38)2;/h10,12,29-32,34-35,37,46,53-55H,5-9,11,13-26H2,1-4H3,(H,47,52)(H,48,50);7,9,22-25,27-28,30,45-47H,5-6,8,10-19H2,1-4H3,(H2,39,40,44);1H/t29?,30-,31+,32?,34+,35+,37?,40-,41-,42-,43+,44+,45-;22-,23+,24?,25?,27+,28+,30?,33-,34-,35-,36+,37+,38-;/m00./s1. The van der Waals surface area contributed by atoms with Gasteiger partial charge in [0.25, 0.3) is 0 Å². The molecule has 0 radical (unpaired) electrons. The third-order valence-corrected chi connectivity index (χ3v) is 35.4. The molecule has 28 heteroatoms. The number of thioether (sulfide) groups is 2. The molecule has 6 unspecified atom stereocenters. The fourth-order valence-corrected chi connectivity index (χ4v) is 28.2. The van der Waals surface area contributed by atoms with Crippen LogP contribution >= 0.6 is 23.5 Å². The highest BCUT2D eigenvalue weighted by atomic mass is 32.2. The number of cyclic esters (lactones) is 2. The monoisotopic (exact) mass is 1590 g/mol. The molecule has 0 aromatic carbocycles. The number of nitrogens with one attached hydrogen (secondary N) is 5. The van der Waals surface area contributed by atoms with E-state index in [4.69, 9.17) is 33.2 Å². The van der Waals surface area contributed by atoms with Crippen LogP contribution in [-0.2, 0) is 61.9 Å². The van der Waals surface area contributed by atoms with Gasteiger partial charge in [-0.25, -0.2) is 19.2 Å². The summed E-state index contributed by atoms with van der Waals surface area (Å²) in [7, 11) is 0. The number of allylic oxidation sites excluding steroid dienone is 2. The normalized spacial score (nSPS) is 44.7. The lowest BCUT2D eigenvalue weighted by Gasteiger charge is -2.63. The maximum absolute atomic E-state index is 13.5. The zero-order valence-electron chi connectivity index (χ0n) is 65.9. The number of ether oxygens (including phenoxy) is 7. The number of alkyl carbamates (subject to hydrolysis) is 1. The van der Waals surface area contributed by atoms with E-state index in [0.29, 0.717) is 129 Å². The first-order valence-corrected chi connectivity index (χ1v) is 43.5. The molecule has 8 aliphatic carbocycles. The van der Waals surface area contributed by atoms with E-state index in [9.17, 15) is 69.0 Å². The van der Waals surface area contributed by atoms with Crippen LogP contribution in [0.4, 0.5) is 9.59 Å². The number of hydrogen-bond donors (Lipinski definition) is 11. The number of epoxide rings is 2. The molecular weight excluding hydrogens is 1470 g/mol. The minimum absolute atomic E-state index is 0. The first kappa shape index (κ1) is 81.2. The molecule has 6 saturated heterocycles. The number of carbonyl (C=O) groups excluding carboxylic acids is 8. The van der Waals surface area contributed by atoms with Gasteiger partial charge in [0, 0.05) is 84.5 Å². The Morgan fingerprint density at radius 2 is 1.14 bits per heavy atom. The van der Waals surface area contributed by atoms with Crippen molar-refractivity contribution in [2.24, 2.45) is 51.2 Å². The highest BCUT2D eigenvalue weighted by molar-refractivity contribution is 8.00. The summed E-state index contributed by atoms with van der Waals surface area (Å²) in [5, 5.41) is 91.7. The van der Waals surface area contributed by atoms with Gasteiger partial charge in [-0.05, 0) is 229 Å². The van der Waals surface area contributed by atoms with Gasteiger partial charge in [0.2, 0.25) is 5.91 Å². The van der Waals surface area contributed by atoms with E-state index in [1.807, 2.05) is 63.4 Å². The molecule has 616 valence electrons. The Balaban J connectivity index is 0.000000187. The smallest absolute Gasteiger partial charge is 0.407 e. The van der Waals surface area contributed by atoms with Crippen molar-refractivity contribution in [1.29, 1.82) is 0 Å². The van der Waals surface area contributed by atoms with Gasteiger partial charge in [0.1, 0.15) is 59.0 Å². The van der Waals surface area contributed by atoms with Crippen molar-refractivity contribution in [3.05, 3.63) is 46.6 Å². The van der Waals surface area contributed by atoms with Gasteiger partial charge < -0.3 is 85.1 Å². The molecule has 6 saturated carbocycles. The Bertz CT molecular complexity index is 3880. The predicted octanol–water partition coefficient (Wildman–Crippen LogP) is 7.23. The molecule has 16 rings (SSSR count). The van der Waals surface area contributed by atoms with Crippen molar-refractivity contribution in [3.8, 4) is 0 Å². The summed E-state index contributed by atoms with van der Waals surface area (Å²) >= 11 is 3.83. The predicted molar refractivity (Wildman–Crippen MR) is 410 cm³/mol. The quantitative estimate of drug-likeness (QED) is 0.0101. The minimum Gasteiger partial charge on any atom is -0.461 e. The van der Waals surface area contributed by atoms with Crippen LogP contribution in [0.3, 0.4) is 0 Å². The van der Waals surface area contributed by atoms with Crippen molar-refractivity contribution in [2.75, 3.05) is 51.1 Å². The lowest BCUT2D eigenvalue weighted by molar-refractivity contribution is -0.282. The van der Waals surface area contributed by atoms with Crippen LogP contribution in [0.2, 0.25) is 0 Å². The van der Waals surface area contributed by atoms with Crippen molar-refractivity contribution >= 4 is 71.0 Å². The van der Waals surface area contributed by atoms with Gasteiger partial charge >= 0.3 is 30.0 Å². The Morgan fingerprint density at radius 1 is 0.613 bits per heavy atom. The summed E-state index contributed by atoms with van der Waals surface area (Å²) in [5.74, 6) is 0.143. The molecule has 8 aliphatic heterocycles. The third kappa shape index (κ3) is 12.7. The van der Waals surface area contributed by atoms with Crippen LogP contribution in [0.25, 0.3) is 0 Å². The zero-order valence-corrected chi connectivity index (χ0v) is 67.5. The number of rotatable bonds is 26. The molecule has 0 aromatic rings. The van der Waals surface area contributed by atoms with Crippen molar-refractivity contribution < 1.29 is 104 Å². The molecule has 111 heavy (non-hydrogen) atoms. The maximum atomic E-state index is 13.5. The van der Waals surface area contributed by atoms with Gasteiger partial charge in [0.05, 0.1) is 53.1 Å². The van der Waals surface area contributed by atoms with E-state index in [-0.39, 0.29) is 137 Å². The van der Waals surface area contributed by atoms with Crippen molar-refractivity contribution in [3.63, 3.8) is 0 Å². The number of amides is 4. The fourth-order valence-electron chi connectivity index (χ4n) is 25.0. The molecule has 16 aliphatic rings. The van der Waals surface area contributed by atoms with Crippen LogP contribution in [-0.4, -0.2) is 227 Å². The lowest BCUT2D eigenvalue weighted by atomic mass is 9.42. The Kier molecular flexibility index (Phi) is 21.6. The van der Waals surface area contributed by atoms with E-state index in [1.54, 1.807) is 26.0 Å². The number of carbonyl (C=O) groups is 8. The summed E-state index contributed by atoms with van der Waals surface area (Å²) in [6, 6.07) is 0.524. The highest BCUT2D eigenvalue weighted by Gasteiger charge is 2.85. The summed E-state index contributed by atoms with van der Waals surface area (Å²) in [6.07, 6.45) is 18.1. The Hall–Kier alpha value is -4.98. The van der Waals surface area contributed by atoms with Crippen LogP contribution in [0.1, 0.15) is 217 Å². The molecule has 26 atom stereocenters. The van der Waals surface area contributed by atoms with E-state index in [2.05, 4.69) is 26.6 Å². The number of ketones is 2. The fraction of sp³-hybridized carbons (Fsp3) is 0.807. The van der Waals surface area contributed by atoms with E-state index in [0.717, 1.165) is 69.4 Å². The van der Waals surface area contributed by atoms with Gasteiger partial charge in [0.15, 0.2) is 11.6 Å². The summed E-state index contributed by atoms with van der Waals surface area (Å²) < 4.78 is 41.1. The number of aliphatic hydroxyl groups is 6. The average Bonchev–Trinajstić information content (AvgIpc) is 1.48. The van der Waals surface area contributed by atoms with Gasteiger partial charge in [-0.2, -0.15) is 23.5 Å². The second kappa shape index (κ2) is 29.6. The number of unbranched alkanes of at least 4 members (excludes halogenated alkanes) is 4. The van der Waals surface area contributed by atoms with Crippen molar-refractivity contribution in [2.45, 2.75) is 314 Å².